The number of hydrogen-bond donors (Lipinski definition) is 4. The van der Waals surface area contributed by atoms with Crippen LogP contribution in [0.25, 0.3) is 44.3 Å². The number of nitrogens with one attached hydrogen (secondary N) is 3. The summed E-state index contributed by atoms with van der Waals surface area (Å²) in [4.78, 5) is 24.6. The van der Waals surface area contributed by atoms with Gasteiger partial charge in [0.1, 0.15) is 29.6 Å². The number of imidazole rings is 2. The molecule has 6 aromatic carbocycles. The van der Waals surface area contributed by atoms with Gasteiger partial charge in [-0.2, -0.15) is 0 Å². The van der Waals surface area contributed by atoms with Crippen LogP contribution in [0, 0.1) is 23.3 Å². The standard InChI is InChI=1S/C23H19F2N3.C14H8F2N2O.C9H11N.CH4.2ClH/c24-19-7-14(12-26-18-9-15-3-1-2-4-16(15)10-18)8-20(25)23(19)17-5-6-21-22(11-17)28-13-27-21;15-10-3-8(6-19)4-11(16)14(10)9-1-2-12-13(5-9)18-7-17-12;10-9-5-7-3-1-2-4-8(7)6-9;;;/h1-8,11,13,18,26H,9-10,12H2,(H,27,28);1-7H,(H,17,18);1-4,9H,5-6,10H2;1H4;2*1H. The van der Waals surface area contributed by atoms with Crippen LogP contribution in [0.2, 0.25) is 0 Å². The Labute approximate surface area is 357 Å². The number of halogens is 6. The van der Waals surface area contributed by atoms with Crippen molar-refractivity contribution in [2.45, 2.75) is 51.7 Å². The average molecular weight is 856 g/mol. The zero-order chi connectivity index (χ0) is 39.5. The third-order valence-electron chi connectivity index (χ3n) is 10.4. The zero-order valence-electron chi connectivity index (χ0n) is 31.5. The third kappa shape index (κ3) is 9.94. The van der Waals surface area contributed by atoms with Crippen LogP contribution in [0.15, 0.2) is 122 Å². The molecule has 13 heteroatoms. The SMILES string of the molecule is C.Cl.Cl.Fc1cc(CNC2Cc3ccccc3C2)cc(F)c1-c1ccc2nc[nH]c2c1.NC1Cc2ccccc2C1.O=Cc1cc(F)c(-c2ccc3nc[nH]c3c2)c(F)c1. The van der Waals surface area contributed by atoms with E-state index in [-0.39, 0.29) is 48.9 Å². The number of hydrogen-bond acceptors (Lipinski definition) is 5. The van der Waals surface area contributed by atoms with Gasteiger partial charge < -0.3 is 21.0 Å². The lowest BCUT2D eigenvalue weighted by atomic mass is 10.0. The Morgan fingerprint density at radius 3 is 1.47 bits per heavy atom. The van der Waals surface area contributed by atoms with Crippen LogP contribution in [-0.4, -0.2) is 38.3 Å². The Kier molecular flexibility index (Phi) is 15.0. The van der Waals surface area contributed by atoms with Crippen molar-refractivity contribution < 1.29 is 22.4 Å². The van der Waals surface area contributed by atoms with E-state index in [1.807, 2.05) is 12.1 Å². The molecule has 0 radical (unpaired) electrons. The molecule has 60 heavy (non-hydrogen) atoms. The van der Waals surface area contributed by atoms with Gasteiger partial charge in [-0.15, -0.1) is 24.8 Å². The fourth-order valence-corrected chi connectivity index (χ4v) is 7.68. The summed E-state index contributed by atoms with van der Waals surface area (Å²) in [7, 11) is 0. The molecule has 0 aliphatic heterocycles. The summed E-state index contributed by atoms with van der Waals surface area (Å²) in [6.45, 7) is 0.437. The normalized spacial score (nSPS) is 12.8. The van der Waals surface area contributed by atoms with Crippen LogP contribution in [0.4, 0.5) is 17.6 Å². The minimum atomic E-state index is -0.763. The van der Waals surface area contributed by atoms with Gasteiger partial charge in [0.2, 0.25) is 0 Å². The van der Waals surface area contributed by atoms with Gasteiger partial charge in [0.25, 0.3) is 0 Å². The summed E-state index contributed by atoms with van der Waals surface area (Å²) in [5, 5.41) is 3.43. The van der Waals surface area contributed by atoms with Gasteiger partial charge in [0.05, 0.1) is 45.8 Å². The van der Waals surface area contributed by atoms with Crippen molar-refractivity contribution in [3.05, 3.63) is 178 Å². The molecule has 5 N–H and O–H groups in total. The van der Waals surface area contributed by atoms with Crippen molar-refractivity contribution in [1.82, 2.24) is 25.3 Å². The van der Waals surface area contributed by atoms with E-state index in [0.717, 1.165) is 48.8 Å². The topological polar surface area (TPSA) is 112 Å². The Hall–Kier alpha value is -5.85. The fraction of sp³-hybridized carbons (Fsp3) is 0.170. The zero-order valence-corrected chi connectivity index (χ0v) is 33.2. The predicted octanol–water partition coefficient (Wildman–Crippen LogP) is 10.7. The highest BCUT2D eigenvalue weighted by Gasteiger charge is 2.21. The highest BCUT2D eigenvalue weighted by molar-refractivity contribution is 5.86. The maximum atomic E-state index is 14.7. The number of fused-ring (bicyclic) bond motifs is 4. The van der Waals surface area contributed by atoms with E-state index < -0.39 is 23.3 Å². The third-order valence-corrected chi connectivity index (χ3v) is 10.4. The molecule has 2 aromatic heterocycles. The van der Waals surface area contributed by atoms with E-state index in [0.29, 0.717) is 52.6 Å². The molecule has 2 heterocycles. The number of nitrogens with two attached hydrogens (primary N) is 1. The lowest BCUT2D eigenvalue weighted by molar-refractivity contribution is 0.112. The quantitative estimate of drug-likeness (QED) is 0.0983. The molecular formula is C47H44Cl2F4N6O. The molecule has 8 aromatic rings. The first-order valence-electron chi connectivity index (χ1n) is 18.6. The second-order valence-electron chi connectivity index (χ2n) is 14.4. The number of benzene rings is 6. The summed E-state index contributed by atoms with van der Waals surface area (Å²) in [6, 6.07) is 32.5. The van der Waals surface area contributed by atoms with Crippen LogP contribution in [-0.2, 0) is 32.2 Å². The molecule has 2 aliphatic rings. The van der Waals surface area contributed by atoms with Crippen molar-refractivity contribution in [2.24, 2.45) is 5.73 Å². The van der Waals surface area contributed by atoms with Gasteiger partial charge in [0, 0.05) is 24.2 Å². The monoisotopic (exact) mass is 854 g/mol. The molecule has 0 fully saturated rings. The minimum absolute atomic E-state index is 0. The van der Waals surface area contributed by atoms with E-state index in [1.54, 1.807) is 42.7 Å². The number of nitrogens with zero attached hydrogens (tertiary/aromatic N) is 2. The number of H-pyrrole nitrogens is 2. The van der Waals surface area contributed by atoms with Gasteiger partial charge in [-0.1, -0.05) is 68.1 Å². The Bertz CT molecular complexity index is 2640. The molecule has 0 spiro atoms. The molecule has 0 saturated heterocycles. The number of aromatic amines is 2. The lowest BCUT2D eigenvalue weighted by Gasteiger charge is -2.13. The molecule has 7 nitrogen and oxygen atoms in total. The summed E-state index contributed by atoms with van der Waals surface area (Å²) in [5.41, 5.74) is 15.6. The Balaban J connectivity index is 0.000000185. The molecule has 10 rings (SSSR count). The van der Waals surface area contributed by atoms with Gasteiger partial charge in [-0.25, -0.2) is 27.5 Å². The maximum absolute atomic E-state index is 14.7. The van der Waals surface area contributed by atoms with Crippen molar-refractivity contribution in [2.75, 3.05) is 0 Å². The largest absolute Gasteiger partial charge is 0.345 e. The molecule has 0 unspecified atom stereocenters. The molecule has 0 saturated carbocycles. The number of aldehydes is 1. The van der Waals surface area contributed by atoms with Crippen LogP contribution < -0.4 is 11.1 Å². The van der Waals surface area contributed by atoms with Crippen molar-refractivity contribution >= 4 is 53.2 Å². The average Bonchev–Trinajstić information content (AvgIpc) is 4.02. The molecule has 310 valence electrons. The van der Waals surface area contributed by atoms with Gasteiger partial charge >= 0.3 is 0 Å². The van der Waals surface area contributed by atoms with Gasteiger partial charge in [-0.3, -0.25) is 4.79 Å². The summed E-state index contributed by atoms with van der Waals surface area (Å²) < 4.78 is 57.3. The minimum Gasteiger partial charge on any atom is -0.345 e. The van der Waals surface area contributed by atoms with Crippen molar-refractivity contribution in [3.8, 4) is 22.3 Å². The van der Waals surface area contributed by atoms with Crippen molar-refractivity contribution in [1.29, 1.82) is 0 Å². The Morgan fingerprint density at radius 1 is 0.617 bits per heavy atom. The molecular weight excluding hydrogens is 811 g/mol. The number of rotatable bonds is 6. The van der Waals surface area contributed by atoms with E-state index in [2.05, 4.69) is 61.7 Å². The summed E-state index contributed by atoms with van der Waals surface area (Å²) >= 11 is 0. The number of aromatic nitrogens is 4. The first-order chi connectivity index (χ1) is 27.7. The van der Waals surface area contributed by atoms with Crippen LogP contribution >= 0.6 is 24.8 Å². The van der Waals surface area contributed by atoms with E-state index in [1.165, 1.54) is 40.7 Å². The summed E-state index contributed by atoms with van der Waals surface area (Å²) in [6.07, 6.45) is 7.51. The fourth-order valence-electron chi connectivity index (χ4n) is 7.68. The van der Waals surface area contributed by atoms with Gasteiger partial charge in [0.15, 0.2) is 0 Å². The maximum Gasteiger partial charge on any atom is 0.150 e. The van der Waals surface area contributed by atoms with Crippen LogP contribution in [0.3, 0.4) is 0 Å². The molecule has 2 aliphatic carbocycles. The second kappa shape index (κ2) is 19.9. The molecule has 0 amide bonds. The highest BCUT2D eigenvalue weighted by atomic mass is 35.5. The van der Waals surface area contributed by atoms with E-state index in [4.69, 9.17) is 5.73 Å². The lowest BCUT2D eigenvalue weighted by Crippen LogP contribution is -2.29. The molecule has 0 bridgehead atoms. The highest BCUT2D eigenvalue weighted by Crippen LogP contribution is 2.31. The first-order valence-corrected chi connectivity index (χ1v) is 18.6. The van der Waals surface area contributed by atoms with E-state index >= 15 is 0 Å². The van der Waals surface area contributed by atoms with Crippen LogP contribution in [0.1, 0.15) is 45.6 Å². The smallest absolute Gasteiger partial charge is 0.150 e. The molecule has 0 atom stereocenters. The van der Waals surface area contributed by atoms with Crippen LogP contribution in [0.5, 0.6) is 0 Å². The summed E-state index contributed by atoms with van der Waals surface area (Å²) in [5.74, 6) is -2.63. The first kappa shape index (κ1) is 45.2. The van der Waals surface area contributed by atoms with Gasteiger partial charge in [-0.05, 0) is 113 Å². The number of carbonyl (C=O) groups excluding carboxylic acids is 1. The van der Waals surface area contributed by atoms with Crippen molar-refractivity contribution in [3.63, 3.8) is 0 Å². The second-order valence-corrected chi connectivity index (χ2v) is 14.4. The number of carbonyl (C=O) groups is 1. The van der Waals surface area contributed by atoms with E-state index in [9.17, 15) is 22.4 Å². The predicted molar refractivity (Wildman–Crippen MR) is 236 cm³/mol. The Morgan fingerprint density at radius 2 is 1.03 bits per heavy atom.